The maximum Gasteiger partial charge on any atom is 0.224 e. The number of imidazole rings is 1. The Bertz CT molecular complexity index is 1240. The number of amides is 1. The van der Waals surface area contributed by atoms with Crippen LogP contribution in [0.25, 0.3) is 11.0 Å². The van der Waals surface area contributed by atoms with Gasteiger partial charge in [-0.1, -0.05) is 54.1 Å². The largest absolute Gasteiger partial charge is 0.492 e. The van der Waals surface area contributed by atoms with Crippen LogP contribution in [0.5, 0.6) is 5.75 Å². The molecule has 0 spiro atoms. The van der Waals surface area contributed by atoms with E-state index in [0.717, 1.165) is 41.0 Å². The fourth-order valence-electron chi connectivity index (χ4n) is 3.88. The number of hydrogen-bond donors (Lipinski definition) is 1. The molecule has 1 N–H and O–H groups in total. The van der Waals surface area contributed by atoms with Crippen molar-refractivity contribution in [3.63, 3.8) is 0 Å². The summed E-state index contributed by atoms with van der Waals surface area (Å²) in [6.45, 7) is 3.92. The normalized spacial score (nSPS) is 11.0. The van der Waals surface area contributed by atoms with Gasteiger partial charge < -0.3 is 14.6 Å². The van der Waals surface area contributed by atoms with Gasteiger partial charge in [-0.2, -0.15) is 0 Å². The number of nitrogens with zero attached hydrogens (tertiary/aromatic N) is 2. The first kappa shape index (κ1) is 22.9. The number of fused-ring (bicyclic) bond motifs is 1. The number of aromatic nitrogens is 2. The molecule has 0 aliphatic heterocycles. The van der Waals surface area contributed by atoms with E-state index in [0.29, 0.717) is 24.7 Å². The van der Waals surface area contributed by atoms with Crippen molar-refractivity contribution in [1.82, 2.24) is 14.9 Å². The Hall–Kier alpha value is -3.31. The topological polar surface area (TPSA) is 56.1 Å². The van der Waals surface area contributed by atoms with E-state index < -0.39 is 0 Å². The average Bonchev–Trinajstić information content (AvgIpc) is 3.16. The van der Waals surface area contributed by atoms with Crippen LogP contribution in [0.4, 0.5) is 0 Å². The third-order valence-corrected chi connectivity index (χ3v) is 5.88. The summed E-state index contributed by atoms with van der Waals surface area (Å²) < 4.78 is 8.19. The number of benzene rings is 3. The van der Waals surface area contributed by atoms with Crippen LogP contribution in [0.2, 0.25) is 5.02 Å². The highest BCUT2D eigenvalue weighted by molar-refractivity contribution is 6.31. The minimum atomic E-state index is -0.0249. The smallest absolute Gasteiger partial charge is 0.224 e. The van der Waals surface area contributed by atoms with Crippen LogP contribution < -0.4 is 10.1 Å². The summed E-state index contributed by atoms with van der Waals surface area (Å²) in [5, 5.41) is 3.61. The number of aryl methyl sites for hydroxylation is 2. The van der Waals surface area contributed by atoms with E-state index in [4.69, 9.17) is 21.3 Å². The molecule has 0 aliphatic rings. The molecule has 3 aromatic carbocycles. The van der Waals surface area contributed by atoms with Crippen LogP contribution in [0.15, 0.2) is 72.8 Å². The predicted octanol–water partition coefficient (Wildman–Crippen LogP) is 5.37. The second kappa shape index (κ2) is 11.0. The molecular formula is C27H28ClN3O2. The van der Waals surface area contributed by atoms with Gasteiger partial charge in [-0.3, -0.25) is 4.79 Å². The Morgan fingerprint density at radius 2 is 1.88 bits per heavy atom. The van der Waals surface area contributed by atoms with E-state index in [-0.39, 0.29) is 12.3 Å². The van der Waals surface area contributed by atoms with Crippen molar-refractivity contribution in [3.8, 4) is 5.75 Å². The minimum absolute atomic E-state index is 0.0249. The van der Waals surface area contributed by atoms with Crippen molar-refractivity contribution in [2.24, 2.45) is 0 Å². The Morgan fingerprint density at radius 3 is 2.73 bits per heavy atom. The van der Waals surface area contributed by atoms with Gasteiger partial charge in [0.25, 0.3) is 0 Å². The molecule has 170 valence electrons. The van der Waals surface area contributed by atoms with Crippen LogP contribution in [0, 0.1) is 6.92 Å². The van der Waals surface area contributed by atoms with Gasteiger partial charge in [-0.05, 0) is 54.8 Å². The summed E-state index contributed by atoms with van der Waals surface area (Å²) in [5.41, 5.74) is 4.10. The first-order valence-electron chi connectivity index (χ1n) is 11.2. The van der Waals surface area contributed by atoms with Crippen molar-refractivity contribution in [2.75, 3.05) is 13.2 Å². The summed E-state index contributed by atoms with van der Waals surface area (Å²) in [7, 11) is 0. The molecular weight excluding hydrogens is 434 g/mol. The average molecular weight is 462 g/mol. The SMILES string of the molecule is Cc1cccc(OCCn2c(CCCNC(=O)Cc3ccccc3Cl)nc3ccccc32)c1. The highest BCUT2D eigenvalue weighted by Crippen LogP contribution is 2.18. The summed E-state index contributed by atoms with van der Waals surface area (Å²) in [5.74, 6) is 1.86. The quantitative estimate of drug-likeness (QED) is 0.323. The predicted molar refractivity (Wildman–Crippen MR) is 133 cm³/mol. The number of nitrogens with one attached hydrogen (secondary N) is 1. The van der Waals surface area contributed by atoms with Gasteiger partial charge in [0.1, 0.15) is 18.2 Å². The monoisotopic (exact) mass is 461 g/mol. The third kappa shape index (κ3) is 6.14. The maximum atomic E-state index is 12.3. The van der Waals surface area contributed by atoms with E-state index in [1.165, 1.54) is 5.56 Å². The van der Waals surface area contributed by atoms with Crippen molar-refractivity contribution < 1.29 is 9.53 Å². The maximum absolute atomic E-state index is 12.3. The molecule has 5 nitrogen and oxygen atoms in total. The Kier molecular flexibility index (Phi) is 7.63. The van der Waals surface area contributed by atoms with E-state index in [1.807, 2.05) is 54.6 Å². The zero-order valence-electron chi connectivity index (χ0n) is 18.8. The van der Waals surface area contributed by atoms with E-state index in [1.54, 1.807) is 6.07 Å². The third-order valence-electron chi connectivity index (χ3n) is 5.51. The van der Waals surface area contributed by atoms with Crippen molar-refractivity contribution in [2.45, 2.75) is 32.7 Å². The molecule has 6 heteroatoms. The summed E-state index contributed by atoms with van der Waals surface area (Å²) in [6.07, 6.45) is 1.86. The molecule has 0 saturated heterocycles. The molecule has 0 saturated carbocycles. The zero-order valence-corrected chi connectivity index (χ0v) is 19.5. The summed E-state index contributed by atoms with van der Waals surface area (Å²) in [4.78, 5) is 17.1. The van der Waals surface area contributed by atoms with E-state index in [2.05, 4.69) is 28.9 Å². The molecule has 1 aromatic heterocycles. The molecule has 0 atom stereocenters. The molecule has 0 radical (unpaired) electrons. The van der Waals surface area contributed by atoms with Gasteiger partial charge in [-0.15, -0.1) is 0 Å². The second-order valence-corrected chi connectivity index (χ2v) is 8.46. The molecule has 1 amide bonds. The highest BCUT2D eigenvalue weighted by atomic mass is 35.5. The van der Waals surface area contributed by atoms with Crippen LogP contribution in [0.1, 0.15) is 23.4 Å². The van der Waals surface area contributed by atoms with Crippen molar-refractivity contribution in [3.05, 3.63) is 94.8 Å². The Balaban J connectivity index is 1.33. The summed E-state index contributed by atoms with van der Waals surface area (Å²) in [6, 6.07) is 23.7. The summed E-state index contributed by atoms with van der Waals surface area (Å²) >= 11 is 6.15. The van der Waals surface area contributed by atoms with Gasteiger partial charge in [0, 0.05) is 18.0 Å². The number of rotatable bonds is 10. The lowest BCUT2D eigenvalue weighted by Crippen LogP contribution is -2.26. The number of halogens is 1. The lowest BCUT2D eigenvalue weighted by molar-refractivity contribution is -0.120. The van der Waals surface area contributed by atoms with Gasteiger partial charge in [0.2, 0.25) is 5.91 Å². The molecule has 0 bridgehead atoms. The minimum Gasteiger partial charge on any atom is -0.492 e. The zero-order chi connectivity index (χ0) is 23.0. The Labute approximate surface area is 199 Å². The highest BCUT2D eigenvalue weighted by Gasteiger charge is 2.11. The van der Waals surface area contributed by atoms with Crippen LogP contribution >= 0.6 is 11.6 Å². The van der Waals surface area contributed by atoms with Gasteiger partial charge in [-0.25, -0.2) is 4.98 Å². The van der Waals surface area contributed by atoms with Gasteiger partial charge >= 0.3 is 0 Å². The molecule has 0 aliphatic carbocycles. The van der Waals surface area contributed by atoms with Crippen LogP contribution in [-0.4, -0.2) is 28.6 Å². The molecule has 1 heterocycles. The van der Waals surface area contributed by atoms with Gasteiger partial charge in [0.05, 0.1) is 24.0 Å². The van der Waals surface area contributed by atoms with Crippen molar-refractivity contribution in [1.29, 1.82) is 0 Å². The molecule has 33 heavy (non-hydrogen) atoms. The molecule has 4 rings (SSSR count). The fourth-order valence-corrected chi connectivity index (χ4v) is 4.08. The van der Waals surface area contributed by atoms with Crippen LogP contribution in [-0.2, 0) is 24.2 Å². The van der Waals surface area contributed by atoms with E-state index in [9.17, 15) is 4.79 Å². The Morgan fingerprint density at radius 1 is 1.06 bits per heavy atom. The number of carbonyl (C=O) groups is 1. The second-order valence-electron chi connectivity index (χ2n) is 8.06. The van der Waals surface area contributed by atoms with Crippen LogP contribution in [0.3, 0.4) is 0 Å². The lowest BCUT2D eigenvalue weighted by atomic mass is 10.1. The molecule has 0 fully saturated rings. The first-order chi connectivity index (χ1) is 16.1. The number of ether oxygens (including phenoxy) is 1. The van der Waals surface area contributed by atoms with Crippen molar-refractivity contribution >= 4 is 28.5 Å². The fraction of sp³-hybridized carbons (Fsp3) is 0.259. The van der Waals surface area contributed by atoms with E-state index >= 15 is 0 Å². The molecule has 4 aromatic rings. The number of carbonyl (C=O) groups excluding carboxylic acids is 1. The number of para-hydroxylation sites is 2. The van der Waals surface area contributed by atoms with Gasteiger partial charge in [0.15, 0.2) is 0 Å². The number of hydrogen-bond acceptors (Lipinski definition) is 3. The standard InChI is InChI=1S/C27H28ClN3O2/c1-20-8-6-10-22(18-20)33-17-16-31-25-13-5-4-12-24(25)30-26(31)14-7-15-29-27(32)19-21-9-2-3-11-23(21)28/h2-6,8-13,18H,7,14-17,19H2,1H3,(H,29,32). The molecule has 0 unspecified atom stereocenters. The first-order valence-corrected chi connectivity index (χ1v) is 11.6. The lowest BCUT2D eigenvalue weighted by Gasteiger charge is -2.12.